The third-order valence-corrected chi connectivity index (χ3v) is 2.64. The Morgan fingerprint density at radius 3 is 2.50 bits per heavy atom. The van der Waals surface area contributed by atoms with Gasteiger partial charge >= 0.3 is 0 Å². The Kier molecular flexibility index (Phi) is 2.49. The van der Waals surface area contributed by atoms with Crippen molar-refractivity contribution in [3.05, 3.63) is 59.0 Å². The molecule has 0 spiro atoms. The predicted molar refractivity (Wildman–Crippen MR) is 67.9 cm³/mol. The molecular formula is C13H10N4O. The zero-order chi connectivity index (χ0) is 12.4. The standard InChI is InChI=1S/C13H10N4O/c18-12-7-6-11(15-16-12)10-8-14-17-13(10)9-4-2-1-3-5-9/h1-8H,(H,14,17)(H,16,18). The molecule has 0 aliphatic carbocycles. The summed E-state index contributed by atoms with van der Waals surface area (Å²) in [4.78, 5) is 11.0. The van der Waals surface area contributed by atoms with Crippen LogP contribution in [0.15, 0.2) is 53.5 Å². The molecule has 5 nitrogen and oxygen atoms in total. The molecule has 0 amide bonds. The SMILES string of the molecule is O=c1ccc(-c2c[nH]nc2-c2ccccc2)n[nH]1. The van der Waals surface area contributed by atoms with Crippen molar-refractivity contribution in [2.24, 2.45) is 0 Å². The maximum Gasteiger partial charge on any atom is 0.264 e. The molecule has 5 heteroatoms. The number of benzene rings is 1. The van der Waals surface area contributed by atoms with Crippen LogP contribution in [0.1, 0.15) is 0 Å². The van der Waals surface area contributed by atoms with Crippen molar-refractivity contribution in [3.63, 3.8) is 0 Å². The van der Waals surface area contributed by atoms with Crippen LogP contribution in [0.4, 0.5) is 0 Å². The van der Waals surface area contributed by atoms with E-state index in [0.717, 1.165) is 16.8 Å². The van der Waals surface area contributed by atoms with E-state index in [1.165, 1.54) is 6.07 Å². The van der Waals surface area contributed by atoms with Gasteiger partial charge < -0.3 is 0 Å². The Bertz CT molecular complexity index is 695. The van der Waals surface area contributed by atoms with Crippen LogP contribution in [0.25, 0.3) is 22.5 Å². The lowest BCUT2D eigenvalue weighted by atomic mass is 10.1. The van der Waals surface area contributed by atoms with Gasteiger partial charge in [-0.05, 0) is 6.07 Å². The Hall–Kier alpha value is -2.69. The molecule has 2 aromatic heterocycles. The first-order chi connectivity index (χ1) is 8.84. The average Bonchev–Trinajstić information content (AvgIpc) is 2.90. The van der Waals surface area contributed by atoms with Crippen LogP contribution in [0.2, 0.25) is 0 Å². The third-order valence-electron chi connectivity index (χ3n) is 2.64. The number of aromatic nitrogens is 4. The van der Waals surface area contributed by atoms with Gasteiger partial charge in [0.25, 0.3) is 5.56 Å². The van der Waals surface area contributed by atoms with Gasteiger partial charge in [-0.3, -0.25) is 9.89 Å². The van der Waals surface area contributed by atoms with Crippen molar-refractivity contribution in [1.29, 1.82) is 0 Å². The molecule has 0 atom stereocenters. The van der Waals surface area contributed by atoms with Gasteiger partial charge in [0.05, 0.1) is 5.69 Å². The normalized spacial score (nSPS) is 10.4. The predicted octanol–water partition coefficient (Wildman–Crippen LogP) is 1.83. The first kappa shape index (κ1) is 10.5. The van der Waals surface area contributed by atoms with E-state index in [1.54, 1.807) is 12.3 Å². The van der Waals surface area contributed by atoms with E-state index in [0.29, 0.717) is 5.69 Å². The second kappa shape index (κ2) is 4.29. The molecule has 0 saturated carbocycles. The molecule has 18 heavy (non-hydrogen) atoms. The lowest BCUT2D eigenvalue weighted by molar-refractivity contribution is 0.996. The van der Waals surface area contributed by atoms with Crippen LogP contribution < -0.4 is 5.56 Å². The number of hydrogen-bond donors (Lipinski definition) is 2. The van der Waals surface area contributed by atoms with Crippen molar-refractivity contribution in [3.8, 4) is 22.5 Å². The Labute approximate surface area is 103 Å². The fourth-order valence-corrected chi connectivity index (χ4v) is 1.80. The molecule has 2 N–H and O–H groups in total. The maximum atomic E-state index is 11.0. The van der Waals surface area contributed by atoms with Gasteiger partial charge in [0.2, 0.25) is 0 Å². The zero-order valence-electron chi connectivity index (χ0n) is 9.42. The maximum absolute atomic E-state index is 11.0. The summed E-state index contributed by atoms with van der Waals surface area (Å²) in [6.45, 7) is 0. The van der Waals surface area contributed by atoms with Gasteiger partial charge in [-0.15, -0.1) is 0 Å². The van der Waals surface area contributed by atoms with Crippen LogP contribution in [0, 0.1) is 0 Å². The van der Waals surface area contributed by atoms with E-state index in [9.17, 15) is 4.79 Å². The van der Waals surface area contributed by atoms with Crippen molar-refractivity contribution in [2.75, 3.05) is 0 Å². The Morgan fingerprint density at radius 1 is 0.944 bits per heavy atom. The lowest BCUT2D eigenvalue weighted by Gasteiger charge is -2.00. The molecule has 0 bridgehead atoms. The quantitative estimate of drug-likeness (QED) is 0.715. The molecular weight excluding hydrogens is 228 g/mol. The molecule has 88 valence electrons. The molecule has 1 aromatic carbocycles. The largest absolute Gasteiger partial charge is 0.284 e. The van der Waals surface area contributed by atoms with Gasteiger partial charge in [0.1, 0.15) is 5.69 Å². The summed E-state index contributed by atoms with van der Waals surface area (Å²) in [6, 6.07) is 12.9. The topological polar surface area (TPSA) is 74.4 Å². The van der Waals surface area contributed by atoms with Gasteiger partial charge in [0.15, 0.2) is 0 Å². The van der Waals surface area contributed by atoms with Gasteiger partial charge in [-0.1, -0.05) is 30.3 Å². The highest BCUT2D eigenvalue weighted by Gasteiger charge is 2.11. The average molecular weight is 238 g/mol. The van der Waals surface area contributed by atoms with E-state index in [4.69, 9.17) is 0 Å². The van der Waals surface area contributed by atoms with E-state index in [1.807, 2.05) is 30.3 Å². The number of nitrogens with zero attached hydrogens (tertiary/aromatic N) is 2. The Balaban J connectivity index is 2.12. The fraction of sp³-hybridized carbons (Fsp3) is 0. The number of aromatic amines is 2. The lowest BCUT2D eigenvalue weighted by Crippen LogP contribution is -2.05. The number of H-pyrrole nitrogens is 2. The molecule has 0 unspecified atom stereocenters. The highest BCUT2D eigenvalue weighted by Crippen LogP contribution is 2.27. The molecule has 0 saturated heterocycles. The molecule has 0 fully saturated rings. The van der Waals surface area contributed by atoms with E-state index in [-0.39, 0.29) is 5.56 Å². The summed E-state index contributed by atoms with van der Waals surface area (Å²) in [6.07, 6.45) is 1.77. The Morgan fingerprint density at radius 2 is 1.78 bits per heavy atom. The second-order valence-electron chi connectivity index (χ2n) is 3.82. The van der Waals surface area contributed by atoms with Crippen LogP contribution in [-0.2, 0) is 0 Å². The van der Waals surface area contributed by atoms with Crippen LogP contribution in [-0.4, -0.2) is 20.4 Å². The van der Waals surface area contributed by atoms with Gasteiger partial charge in [-0.25, -0.2) is 5.10 Å². The van der Waals surface area contributed by atoms with Gasteiger partial charge in [-0.2, -0.15) is 10.2 Å². The van der Waals surface area contributed by atoms with Gasteiger partial charge in [0, 0.05) is 23.4 Å². The number of nitrogens with one attached hydrogen (secondary N) is 2. The molecule has 0 aliphatic rings. The number of rotatable bonds is 2. The minimum Gasteiger partial charge on any atom is -0.284 e. The third kappa shape index (κ3) is 1.82. The van der Waals surface area contributed by atoms with Crippen molar-refractivity contribution in [2.45, 2.75) is 0 Å². The summed E-state index contributed by atoms with van der Waals surface area (Å²) < 4.78 is 0. The molecule has 2 heterocycles. The highest BCUT2D eigenvalue weighted by atomic mass is 16.1. The summed E-state index contributed by atoms with van der Waals surface area (Å²) in [5.41, 5.74) is 3.14. The summed E-state index contributed by atoms with van der Waals surface area (Å²) in [5.74, 6) is 0. The number of hydrogen-bond acceptors (Lipinski definition) is 3. The molecule has 0 aliphatic heterocycles. The van der Waals surface area contributed by atoms with Crippen LogP contribution in [0.3, 0.4) is 0 Å². The summed E-state index contributed by atoms with van der Waals surface area (Å²) in [5, 5.41) is 13.5. The van der Waals surface area contributed by atoms with Crippen molar-refractivity contribution in [1.82, 2.24) is 20.4 Å². The monoisotopic (exact) mass is 238 g/mol. The molecule has 0 radical (unpaired) electrons. The van der Waals surface area contributed by atoms with Crippen molar-refractivity contribution >= 4 is 0 Å². The molecule has 3 aromatic rings. The second-order valence-corrected chi connectivity index (χ2v) is 3.82. The van der Waals surface area contributed by atoms with E-state index >= 15 is 0 Å². The smallest absolute Gasteiger partial charge is 0.264 e. The first-order valence-electron chi connectivity index (χ1n) is 5.50. The minimum atomic E-state index is -0.219. The summed E-state index contributed by atoms with van der Waals surface area (Å²) >= 11 is 0. The zero-order valence-corrected chi connectivity index (χ0v) is 9.42. The van der Waals surface area contributed by atoms with Crippen LogP contribution in [0.5, 0.6) is 0 Å². The highest BCUT2D eigenvalue weighted by molar-refractivity contribution is 5.78. The van der Waals surface area contributed by atoms with E-state index in [2.05, 4.69) is 20.4 Å². The first-order valence-corrected chi connectivity index (χ1v) is 5.50. The van der Waals surface area contributed by atoms with E-state index < -0.39 is 0 Å². The molecule has 3 rings (SSSR count). The minimum absolute atomic E-state index is 0.219. The fourth-order valence-electron chi connectivity index (χ4n) is 1.80. The van der Waals surface area contributed by atoms with Crippen molar-refractivity contribution < 1.29 is 0 Å². The van der Waals surface area contributed by atoms with Crippen LogP contribution >= 0.6 is 0 Å². The summed E-state index contributed by atoms with van der Waals surface area (Å²) in [7, 11) is 0.